The molecule has 8 nitrogen and oxygen atoms in total. The quantitative estimate of drug-likeness (QED) is 0.750. The van der Waals surface area contributed by atoms with E-state index in [-0.39, 0.29) is 35.8 Å². The van der Waals surface area contributed by atoms with Crippen LogP contribution in [-0.2, 0) is 24.3 Å². The van der Waals surface area contributed by atoms with E-state index in [0.717, 1.165) is 0 Å². The van der Waals surface area contributed by atoms with Gasteiger partial charge < -0.3 is 15.2 Å². The lowest BCUT2D eigenvalue weighted by Crippen LogP contribution is -2.48. The molecule has 0 radical (unpaired) electrons. The van der Waals surface area contributed by atoms with E-state index in [1.54, 1.807) is 13.8 Å². The highest BCUT2D eigenvalue weighted by Crippen LogP contribution is 2.22. The summed E-state index contributed by atoms with van der Waals surface area (Å²) in [6, 6.07) is 5.49. The van der Waals surface area contributed by atoms with Crippen LogP contribution < -0.4 is 5.73 Å². The molecule has 1 amide bonds. The van der Waals surface area contributed by atoms with Gasteiger partial charge in [-0.1, -0.05) is 6.07 Å². The van der Waals surface area contributed by atoms with E-state index < -0.39 is 28.5 Å². The van der Waals surface area contributed by atoms with E-state index in [0.29, 0.717) is 0 Å². The molecule has 1 fully saturated rings. The predicted octanol–water partition coefficient (Wildman–Crippen LogP) is 0.127. The lowest BCUT2D eigenvalue weighted by Gasteiger charge is -2.34. The van der Waals surface area contributed by atoms with Gasteiger partial charge in [0, 0.05) is 13.1 Å². The Labute approximate surface area is 140 Å². The van der Waals surface area contributed by atoms with Crippen LogP contribution in [-0.4, -0.2) is 56.5 Å². The highest BCUT2D eigenvalue weighted by atomic mass is 32.2. The number of sulfonamides is 1. The molecule has 1 aliphatic rings. The van der Waals surface area contributed by atoms with Crippen LogP contribution >= 0.6 is 0 Å². The van der Waals surface area contributed by atoms with Crippen molar-refractivity contribution in [1.82, 2.24) is 4.31 Å². The normalized spacial score (nSPS) is 22.1. The zero-order valence-corrected chi connectivity index (χ0v) is 14.3. The number of hydrogen-bond donors (Lipinski definition) is 1. The lowest BCUT2D eigenvalue weighted by atomic mass is 10.2. The second kappa shape index (κ2) is 7.29. The number of nitrogens with two attached hydrogens (primary N) is 1. The molecule has 0 unspecified atom stereocenters. The molecule has 0 saturated carbocycles. The third-order valence-corrected chi connectivity index (χ3v) is 5.27. The third kappa shape index (κ3) is 4.31. The summed E-state index contributed by atoms with van der Waals surface area (Å²) < 4.78 is 37.1. The van der Waals surface area contributed by atoms with Gasteiger partial charge in [0.15, 0.2) is 6.61 Å². The molecule has 2 atom stereocenters. The maximum Gasteiger partial charge on any atom is 0.338 e. The minimum atomic E-state index is -3.76. The van der Waals surface area contributed by atoms with Crippen molar-refractivity contribution in [2.24, 2.45) is 5.73 Å². The van der Waals surface area contributed by atoms with E-state index in [2.05, 4.69) is 0 Å². The summed E-state index contributed by atoms with van der Waals surface area (Å²) in [5.74, 6) is -1.60. The summed E-state index contributed by atoms with van der Waals surface area (Å²) in [7, 11) is -3.76. The first-order chi connectivity index (χ1) is 11.2. The van der Waals surface area contributed by atoms with Gasteiger partial charge in [-0.2, -0.15) is 4.31 Å². The number of rotatable bonds is 5. The van der Waals surface area contributed by atoms with Crippen molar-refractivity contribution >= 4 is 21.9 Å². The third-order valence-electron chi connectivity index (χ3n) is 3.44. The smallest absolute Gasteiger partial charge is 0.338 e. The van der Waals surface area contributed by atoms with Gasteiger partial charge in [-0.15, -0.1) is 0 Å². The first kappa shape index (κ1) is 18.4. The molecule has 1 aliphatic heterocycles. The number of primary amides is 1. The van der Waals surface area contributed by atoms with Crippen LogP contribution in [0.3, 0.4) is 0 Å². The van der Waals surface area contributed by atoms with Crippen molar-refractivity contribution < 1.29 is 27.5 Å². The molecular weight excluding hydrogens is 336 g/mol. The predicted molar refractivity (Wildman–Crippen MR) is 84.7 cm³/mol. The Morgan fingerprint density at radius 2 is 1.92 bits per heavy atom. The van der Waals surface area contributed by atoms with E-state index in [4.69, 9.17) is 15.2 Å². The Bertz CT molecular complexity index is 723. The molecule has 1 aromatic carbocycles. The first-order valence-electron chi connectivity index (χ1n) is 7.41. The van der Waals surface area contributed by atoms with Gasteiger partial charge in [-0.05, 0) is 32.0 Å². The van der Waals surface area contributed by atoms with Crippen LogP contribution in [0.4, 0.5) is 0 Å². The second-order valence-corrected chi connectivity index (χ2v) is 7.59. The standard InChI is InChI=1S/C15H20N2O6S/c1-10-7-17(8-11(2)23-10)24(20,21)13-5-3-4-12(6-13)15(19)22-9-14(16)18/h3-6,10-11H,7-9H2,1-2H3,(H2,16,18)/t10-,11-/m0/s1. The topological polar surface area (TPSA) is 116 Å². The van der Waals surface area contributed by atoms with E-state index in [9.17, 15) is 18.0 Å². The Morgan fingerprint density at radius 3 is 2.50 bits per heavy atom. The SMILES string of the molecule is C[C@H]1CN(S(=O)(=O)c2cccc(C(=O)OCC(N)=O)c2)C[C@H](C)O1. The largest absolute Gasteiger partial charge is 0.452 e. The molecule has 0 aromatic heterocycles. The van der Waals surface area contributed by atoms with Gasteiger partial charge in [-0.25, -0.2) is 13.2 Å². The highest BCUT2D eigenvalue weighted by Gasteiger charge is 2.32. The molecule has 1 aromatic rings. The number of ether oxygens (including phenoxy) is 2. The van der Waals surface area contributed by atoms with E-state index >= 15 is 0 Å². The van der Waals surface area contributed by atoms with E-state index in [1.807, 2.05) is 0 Å². The first-order valence-corrected chi connectivity index (χ1v) is 8.85. The van der Waals surface area contributed by atoms with Crippen molar-refractivity contribution in [1.29, 1.82) is 0 Å². The van der Waals surface area contributed by atoms with Crippen LogP contribution in [0.25, 0.3) is 0 Å². The zero-order valence-electron chi connectivity index (χ0n) is 13.5. The number of benzene rings is 1. The molecule has 2 N–H and O–H groups in total. The van der Waals surface area contributed by atoms with Gasteiger partial charge in [0.05, 0.1) is 22.7 Å². The number of nitrogens with zero attached hydrogens (tertiary/aromatic N) is 1. The minimum absolute atomic E-state index is 0.0164. The van der Waals surface area contributed by atoms with Crippen molar-refractivity contribution in [3.63, 3.8) is 0 Å². The average Bonchev–Trinajstić information content (AvgIpc) is 2.51. The Kier molecular flexibility index (Phi) is 5.58. The molecule has 0 aliphatic carbocycles. The monoisotopic (exact) mass is 356 g/mol. The van der Waals surface area contributed by atoms with Crippen LogP contribution in [0.2, 0.25) is 0 Å². The maximum atomic E-state index is 12.8. The van der Waals surface area contributed by atoms with Gasteiger partial charge in [0.1, 0.15) is 0 Å². The number of morpholine rings is 1. The van der Waals surface area contributed by atoms with Crippen LogP contribution in [0.5, 0.6) is 0 Å². The van der Waals surface area contributed by atoms with Crippen molar-refractivity contribution in [3.8, 4) is 0 Å². The molecule has 0 bridgehead atoms. The molecule has 0 spiro atoms. The number of hydrogen-bond acceptors (Lipinski definition) is 6. The van der Waals surface area contributed by atoms with Crippen LogP contribution in [0.1, 0.15) is 24.2 Å². The van der Waals surface area contributed by atoms with Gasteiger partial charge >= 0.3 is 5.97 Å². The van der Waals surface area contributed by atoms with Crippen molar-refractivity contribution in [2.45, 2.75) is 31.0 Å². The molecule has 1 heterocycles. The Hall–Kier alpha value is -1.97. The zero-order chi connectivity index (χ0) is 17.9. The summed E-state index contributed by atoms with van der Waals surface area (Å²) in [5.41, 5.74) is 4.94. The van der Waals surface area contributed by atoms with Crippen LogP contribution in [0.15, 0.2) is 29.2 Å². The summed E-state index contributed by atoms with van der Waals surface area (Å²) in [4.78, 5) is 22.5. The lowest BCUT2D eigenvalue weighted by molar-refractivity contribution is -0.121. The van der Waals surface area contributed by atoms with Gasteiger partial charge in [0.2, 0.25) is 10.0 Å². The van der Waals surface area contributed by atoms with Gasteiger partial charge in [0.25, 0.3) is 5.91 Å². The van der Waals surface area contributed by atoms with Crippen molar-refractivity contribution in [3.05, 3.63) is 29.8 Å². The fourth-order valence-electron chi connectivity index (χ4n) is 2.48. The number of amides is 1. The summed E-state index contributed by atoms with van der Waals surface area (Å²) in [6.45, 7) is 3.52. The fourth-order valence-corrected chi connectivity index (χ4v) is 4.12. The van der Waals surface area contributed by atoms with Crippen molar-refractivity contribution in [2.75, 3.05) is 19.7 Å². The second-order valence-electron chi connectivity index (χ2n) is 5.65. The highest BCUT2D eigenvalue weighted by molar-refractivity contribution is 7.89. The van der Waals surface area contributed by atoms with Gasteiger partial charge in [-0.3, -0.25) is 4.79 Å². The molecular formula is C15H20N2O6S. The average molecular weight is 356 g/mol. The number of esters is 1. The molecule has 1 saturated heterocycles. The summed E-state index contributed by atoms with van der Waals surface area (Å²) in [6.07, 6.45) is -0.431. The molecule has 9 heteroatoms. The van der Waals surface area contributed by atoms with E-state index in [1.165, 1.54) is 28.6 Å². The molecule has 24 heavy (non-hydrogen) atoms. The van der Waals surface area contributed by atoms with Crippen LogP contribution in [0, 0.1) is 0 Å². The Balaban J connectivity index is 2.23. The minimum Gasteiger partial charge on any atom is -0.452 e. The summed E-state index contributed by atoms with van der Waals surface area (Å²) in [5, 5.41) is 0. The maximum absolute atomic E-state index is 12.8. The Morgan fingerprint density at radius 1 is 1.29 bits per heavy atom. The molecule has 2 rings (SSSR count). The fraction of sp³-hybridized carbons (Fsp3) is 0.467. The number of carbonyl (C=O) groups is 2. The number of carbonyl (C=O) groups excluding carboxylic acids is 2. The molecule has 132 valence electrons. The summed E-state index contributed by atoms with van der Waals surface area (Å²) >= 11 is 0.